The number of nitrogens with one attached hydrogen (secondary N) is 2. The summed E-state index contributed by atoms with van der Waals surface area (Å²) >= 11 is 0. The molecular formula is C36H45N7O5S. The Morgan fingerprint density at radius 3 is 2.31 bits per heavy atom. The van der Waals surface area contributed by atoms with Crippen LogP contribution in [-0.2, 0) is 16.6 Å². The molecule has 4 aromatic rings. The zero-order valence-electron chi connectivity index (χ0n) is 28.9. The van der Waals surface area contributed by atoms with Crippen LogP contribution in [0.4, 0.5) is 11.6 Å². The number of sulfonamides is 1. The minimum atomic E-state index is -4.23. The van der Waals surface area contributed by atoms with Crippen molar-refractivity contribution in [2.45, 2.75) is 71.9 Å². The number of aromatic nitrogens is 4. The van der Waals surface area contributed by atoms with Crippen LogP contribution in [0.1, 0.15) is 67.8 Å². The van der Waals surface area contributed by atoms with Gasteiger partial charge in [0.15, 0.2) is 0 Å². The fraction of sp³-hybridized carbons (Fsp3) is 0.417. The van der Waals surface area contributed by atoms with Gasteiger partial charge in [-0.15, -0.1) is 0 Å². The molecule has 3 heterocycles. The van der Waals surface area contributed by atoms with E-state index in [0.29, 0.717) is 29.4 Å². The first-order valence-corrected chi connectivity index (χ1v) is 17.9. The van der Waals surface area contributed by atoms with Gasteiger partial charge in [-0.05, 0) is 67.3 Å². The number of hydrogen-bond donors (Lipinski definition) is 3. The summed E-state index contributed by atoms with van der Waals surface area (Å²) in [6, 6.07) is 12.6. The summed E-state index contributed by atoms with van der Waals surface area (Å²) < 4.78 is 35.4. The summed E-state index contributed by atoms with van der Waals surface area (Å²) in [5.41, 5.74) is 4.40. The molecule has 2 aromatic heterocycles. The lowest BCUT2D eigenvalue weighted by Crippen LogP contribution is -2.53. The number of carboxylic acids is 1. The van der Waals surface area contributed by atoms with Gasteiger partial charge >= 0.3 is 5.97 Å². The molecule has 0 aliphatic carbocycles. The predicted molar refractivity (Wildman–Crippen MR) is 189 cm³/mol. The summed E-state index contributed by atoms with van der Waals surface area (Å²) in [4.78, 5) is 31.7. The van der Waals surface area contributed by atoms with E-state index in [-0.39, 0.29) is 34.9 Å². The molecule has 0 amide bonds. The van der Waals surface area contributed by atoms with Crippen LogP contribution in [0.3, 0.4) is 0 Å². The Labute approximate surface area is 288 Å². The normalized spacial score (nSPS) is 14.7. The van der Waals surface area contributed by atoms with Crippen LogP contribution < -0.4 is 19.7 Å². The second-order valence-electron chi connectivity index (χ2n) is 13.9. The van der Waals surface area contributed by atoms with Gasteiger partial charge in [0.25, 0.3) is 10.0 Å². The molecule has 12 nitrogen and oxygen atoms in total. The second-order valence-corrected chi connectivity index (χ2v) is 15.5. The van der Waals surface area contributed by atoms with Crippen LogP contribution in [0, 0.1) is 25.2 Å². The lowest BCUT2D eigenvalue weighted by atomic mass is 9.84. The van der Waals surface area contributed by atoms with Crippen molar-refractivity contribution in [1.82, 2.24) is 25.3 Å². The van der Waals surface area contributed by atoms with Gasteiger partial charge in [-0.2, -0.15) is 4.98 Å². The molecule has 1 fully saturated rings. The molecule has 3 N–H and O–H groups in total. The van der Waals surface area contributed by atoms with Crippen molar-refractivity contribution in [3.05, 3.63) is 83.4 Å². The molecule has 1 atom stereocenters. The number of benzene rings is 2. The zero-order chi connectivity index (χ0) is 35.3. The lowest BCUT2D eigenvalue weighted by Gasteiger charge is -2.47. The molecule has 49 heavy (non-hydrogen) atoms. The second kappa shape index (κ2) is 14.9. The molecule has 0 bridgehead atoms. The molecule has 5 rings (SSSR count). The molecule has 2 aromatic carbocycles. The molecule has 0 saturated carbocycles. The van der Waals surface area contributed by atoms with E-state index in [1.165, 1.54) is 18.2 Å². The van der Waals surface area contributed by atoms with Crippen LogP contribution >= 0.6 is 0 Å². The number of rotatable bonds is 15. The van der Waals surface area contributed by atoms with E-state index >= 15 is 0 Å². The van der Waals surface area contributed by atoms with Crippen LogP contribution in [0.15, 0.2) is 65.8 Å². The zero-order valence-corrected chi connectivity index (χ0v) is 29.7. The minimum Gasteiger partial charge on any atom is -0.478 e. The lowest BCUT2D eigenvalue weighted by molar-refractivity contribution is 0.0696. The molecule has 260 valence electrons. The monoisotopic (exact) mass is 687 g/mol. The van der Waals surface area contributed by atoms with Crippen LogP contribution in [0.5, 0.6) is 5.88 Å². The average molecular weight is 688 g/mol. The number of aryl methyl sites for hydroxylation is 2. The van der Waals surface area contributed by atoms with Crippen LogP contribution in [0.25, 0.3) is 11.3 Å². The minimum absolute atomic E-state index is 0.0700. The number of ether oxygens (including phenoxy) is 1. The summed E-state index contributed by atoms with van der Waals surface area (Å²) in [7, 11) is -4.23. The van der Waals surface area contributed by atoms with E-state index in [2.05, 4.69) is 62.6 Å². The number of carbonyl (C=O) groups is 1. The first-order valence-electron chi connectivity index (χ1n) is 16.4. The van der Waals surface area contributed by atoms with Crippen molar-refractivity contribution >= 4 is 27.6 Å². The highest BCUT2D eigenvalue weighted by Gasteiger charge is 2.34. The van der Waals surface area contributed by atoms with Gasteiger partial charge in [0, 0.05) is 30.8 Å². The van der Waals surface area contributed by atoms with Gasteiger partial charge in [-0.25, -0.2) is 32.9 Å². The van der Waals surface area contributed by atoms with Crippen LogP contribution in [-0.4, -0.2) is 65.2 Å². The third kappa shape index (κ3) is 9.30. The number of aromatic carboxylic acids is 1. The van der Waals surface area contributed by atoms with E-state index in [1.54, 1.807) is 6.07 Å². The summed E-state index contributed by atoms with van der Waals surface area (Å²) in [5, 5.41) is 12.9. The molecule has 0 radical (unpaired) electrons. The summed E-state index contributed by atoms with van der Waals surface area (Å²) in [6.45, 7) is 15.4. The number of carboxylic acid groups (broad SMARTS) is 1. The maximum absolute atomic E-state index is 13.4. The van der Waals surface area contributed by atoms with Crippen molar-refractivity contribution in [2.75, 3.05) is 29.3 Å². The third-order valence-corrected chi connectivity index (χ3v) is 9.75. The summed E-state index contributed by atoms with van der Waals surface area (Å²) in [6.07, 6.45) is 5.53. The number of nitrogens with zero attached hydrogens (tertiary/aromatic N) is 5. The van der Waals surface area contributed by atoms with Gasteiger partial charge in [0.05, 0.1) is 40.8 Å². The first-order chi connectivity index (χ1) is 23.2. The summed E-state index contributed by atoms with van der Waals surface area (Å²) in [5.74, 6) is -0.0706. The Morgan fingerprint density at radius 1 is 1.00 bits per heavy atom. The SMILES string of the molecule is Cc1cccc(C)c1-c1cc(OC[C@@H](CCC(C)C)NCc2ncc(N3CC(C)(C)C3)cn2)nc(NS(=O)(=O)c2cccc(C(=O)O)c2)n1. The average Bonchev–Trinajstić information content (AvgIpc) is 3.03. The van der Waals surface area contributed by atoms with Gasteiger partial charge in [0.1, 0.15) is 12.4 Å². The predicted octanol–water partition coefficient (Wildman–Crippen LogP) is 5.87. The van der Waals surface area contributed by atoms with Crippen LogP contribution in [0.2, 0.25) is 0 Å². The highest BCUT2D eigenvalue weighted by atomic mass is 32.2. The van der Waals surface area contributed by atoms with Crippen molar-refractivity contribution < 1.29 is 23.1 Å². The maximum Gasteiger partial charge on any atom is 0.335 e. The Kier molecular flexibility index (Phi) is 10.8. The largest absolute Gasteiger partial charge is 0.478 e. The Bertz CT molecular complexity index is 1870. The fourth-order valence-electron chi connectivity index (χ4n) is 5.84. The van der Waals surface area contributed by atoms with Crippen molar-refractivity contribution in [3.8, 4) is 17.1 Å². The Morgan fingerprint density at radius 2 is 1.67 bits per heavy atom. The molecule has 1 aliphatic rings. The van der Waals surface area contributed by atoms with Gasteiger partial charge in [0.2, 0.25) is 11.8 Å². The highest BCUT2D eigenvalue weighted by Crippen LogP contribution is 2.33. The fourth-order valence-corrected chi connectivity index (χ4v) is 6.83. The quantitative estimate of drug-likeness (QED) is 0.137. The van der Waals surface area contributed by atoms with Crippen molar-refractivity contribution in [1.29, 1.82) is 0 Å². The van der Waals surface area contributed by atoms with Gasteiger partial charge < -0.3 is 20.1 Å². The molecule has 1 aliphatic heterocycles. The number of hydrogen-bond acceptors (Lipinski definition) is 10. The van der Waals surface area contributed by atoms with E-state index in [4.69, 9.17) is 4.74 Å². The third-order valence-electron chi connectivity index (χ3n) is 8.43. The molecule has 0 unspecified atom stereocenters. The molecular weight excluding hydrogens is 643 g/mol. The van der Waals surface area contributed by atoms with E-state index in [0.717, 1.165) is 54.4 Å². The van der Waals surface area contributed by atoms with Crippen molar-refractivity contribution in [2.24, 2.45) is 11.3 Å². The van der Waals surface area contributed by atoms with E-state index in [1.807, 2.05) is 44.4 Å². The molecule has 1 saturated heterocycles. The first kappa shape index (κ1) is 35.7. The topological polar surface area (TPSA) is 160 Å². The van der Waals surface area contributed by atoms with E-state index < -0.39 is 16.0 Å². The number of anilines is 2. The Hall–Kier alpha value is -4.62. The van der Waals surface area contributed by atoms with Gasteiger partial charge in [-0.3, -0.25) is 0 Å². The smallest absolute Gasteiger partial charge is 0.335 e. The van der Waals surface area contributed by atoms with Gasteiger partial charge in [-0.1, -0.05) is 52.0 Å². The van der Waals surface area contributed by atoms with Crippen molar-refractivity contribution in [3.63, 3.8) is 0 Å². The Balaban J connectivity index is 1.36. The maximum atomic E-state index is 13.4. The highest BCUT2D eigenvalue weighted by molar-refractivity contribution is 7.92. The standard InChI is InChI=1S/C36H45N7O5S/c1-23(2)13-14-27(37-19-31-38-17-28(18-39-31)43-21-36(5,6)22-43)20-48-32-16-30(33-24(3)9-7-10-25(33)4)40-35(41-32)42-49(46,47)29-12-8-11-26(15-29)34(44)45/h7-12,15-18,23,27,37H,13-14,19-22H2,1-6H3,(H,44,45)(H,40,41,42)/t27-/m1/s1. The van der Waals surface area contributed by atoms with E-state index in [9.17, 15) is 18.3 Å². The molecule has 0 spiro atoms. The molecule has 13 heteroatoms.